The van der Waals surface area contributed by atoms with Crippen LogP contribution in [0.5, 0.6) is 5.75 Å². The van der Waals surface area contributed by atoms with Gasteiger partial charge in [0.05, 0.1) is 19.8 Å². The van der Waals surface area contributed by atoms with Gasteiger partial charge in [0.25, 0.3) is 0 Å². The van der Waals surface area contributed by atoms with Gasteiger partial charge in [-0.25, -0.2) is 4.98 Å². The Bertz CT molecular complexity index is 666. The normalized spacial score (nSPS) is 19.2. The summed E-state index contributed by atoms with van der Waals surface area (Å²) < 4.78 is 7.67. The molecule has 25 heavy (non-hydrogen) atoms. The zero-order chi connectivity index (χ0) is 16.2. The fourth-order valence-corrected chi connectivity index (χ4v) is 3.12. The predicted octanol–water partition coefficient (Wildman–Crippen LogP) is 2.18. The Hall–Kier alpha value is -1.31. The molecule has 8 heteroatoms. The molecule has 1 aliphatic heterocycles. The average molecular weight is 390 g/mol. The third-order valence-corrected chi connectivity index (χ3v) is 4.27. The number of ether oxygens (including phenoxy) is 1. The molecule has 2 aromatic rings. The number of aliphatic hydroxyl groups excluding tert-OH is 2. The Kier molecular flexibility index (Phi) is 8.68. The molecule has 0 unspecified atom stereocenters. The third-order valence-electron chi connectivity index (χ3n) is 4.27. The van der Waals surface area contributed by atoms with Crippen LogP contribution >= 0.6 is 24.8 Å². The number of aromatic nitrogens is 2. The Morgan fingerprint density at radius 2 is 2.12 bits per heavy atom. The molecule has 1 saturated heterocycles. The van der Waals surface area contributed by atoms with Gasteiger partial charge in [-0.1, -0.05) is 0 Å². The van der Waals surface area contributed by atoms with E-state index in [0.717, 1.165) is 29.9 Å². The molecule has 0 amide bonds. The number of imidazole rings is 1. The highest BCUT2D eigenvalue weighted by atomic mass is 35.5. The van der Waals surface area contributed by atoms with E-state index in [1.165, 1.54) is 0 Å². The molecular formula is C17H25Cl2N3O3. The van der Waals surface area contributed by atoms with Gasteiger partial charge in [-0.2, -0.15) is 0 Å². The van der Waals surface area contributed by atoms with Crippen LogP contribution in [0.3, 0.4) is 0 Å². The number of hydrogen-bond acceptors (Lipinski definition) is 5. The Morgan fingerprint density at radius 3 is 2.76 bits per heavy atom. The number of rotatable bonds is 6. The first-order chi connectivity index (χ1) is 11.3. The fraction of sp³-hybridized carbons (Fsp3) is 0.471. The highest BCUT2D eigenvalue weighted by Crippen LogP contribution is 2.29. The minimum Gasteiger partial charge on any atom is -0.494 e. The van der Waals surface area contributed by atoms with Gasteiger partial charge >= 0.3 is 0 Å². The largest absolute Gasteiger partial charge is 0.494 e. The summed E-state index contributed by atoms with van der Waals surface area (Å²) in [7, 11) is 0. The van der Waals surface area contributed by atoms with Crippen molar-refractivity contribution in [1.29, 1.82) is 0 Å². The fourth-order valence-electron chi connectivity index (χ4n) is 3.12. The maximum absolute atomic E-state index is 9.57. The molecule has 0 saturated carbocycles. The lowest BCUT2D eigenvalue weighted by Crippen LogP contribution is -2.24. The molecule has 0 spiro atoms. The Balaban J connectivity index is 0.00000156. The molecular weight excluding hydrogens is 365 g/mol. The smallest absolute Gasteiger partial charge is 0.140 e. The van der Waals surface area contributed by atoms with Crippen molar-refractivity contribution in [3.05, 3.63) is 36.2 Å². The summed E-state index contributed by atoms with van der Waals surface area (Å²) >= 11 is 0. The standard InChI is InChI=1S/C17H23N3O3.2ClH/c1-2-23-16-4-3-12(7-13(16)10-21)17-18-5-6-20(17)15-8-14(11-22)19-9-15;;/h3-7,14-15,19,21-22H,2,8-11H2,1H3;2*1H/t14-,15+;;/m0../s1. The van der Waals surface area contributed by atoms with Crippen molar-refractivity contribution in [2.45, 2.75) is 32.0 Å². The van der Waals surface area contributed by atoms with Crippen LogP contribution < -0.4 is 10.1 Å². The SMILES string of the molecule is CCOc1ccc(-c2nccn2[C@H]2CN[C@H](CO)C2)cc1CO.Cl.Cl. The molecule has 2 atom stereocenters. The lowest BCUT2D eigenvalue weighted by atomic mass is 10.1. The molecule has 1 aromatic heterocycles. The van der Waals surface area contributed by atoms with Crippen LogP contribution in [0.1, 0.15) is 24.9 Å². The van der Waals surface area contributed by atoms with E-state index in [-0.39, 0.29) is 50.1 Å². The molecule has 140 valence electrons. The molecule has 0 bridgehead atoms. The molecule has 3 rings (SSSR count). The van der Waals surface area contributed by atoms with Crippen LogP contribution in [0, 0.1) is 0 Å². The quantitative estimate of drug-likeness (QED) is 0.705. The highest BCUT2D eigenvalue weighted by molar-refractivity contribution is 5.85. The summed E-state index contributed by atoms with van der Waals surface area (Å²) in [5, 5.41) is 22.2. The van der Waals surface area contributed by atoms with Crippen molar-refractivity contribution in [2.24, 2.45) is 0 Å². The molecule has 1 aromatic carbocycles. The van der Waals surface area contributed by atoms with Gasteiger partial charge in [-0.05, 0) is 31.5 Å². The summed E-state index contributed by atoms with van der Waals surface area (Å²) in [5.41, 5.74) is 1.71. The number of nitrogens with one attached hydrogen (secondary N) is 1. The van der Waals surface area contributed by atoms with Gasteiger partial charge in [-0.3, -0.25) is 0 Å². The van der Waals surface area contributed by atoms with Crippen LogP contribution in [-0.4, -0.2) is 45.6 Å². The molecule has 0 radical (unpaired) electrons. The topological polar surface area (TPSA) is 79.5 Å². The van der Waals surface area contributed by atoms with Gasteiger partial charge < -0.3 is 24.8 Å². The summed E-state index contributed by atoms with van der Waals surface area (Å²) in [6.07, 6.45) is 4.64. The predicted molar refractivity (Wildman–Crippen MR) is 102 cm³/mol. The van der Waals surface area contributed by atoms with E-state index >= 15 is 0 Å². The summed E-state index contributed by atoms with van der Waals surface area (Å²) in [6, 6.07) is 6.19. The number of halogens is 2. The van der Waals surface area contributed by atoms with Crippen LogP contribution in [0.15, 0.2) is 30.6 Å². The first-order valence-electron chi connectivity index (χ1n) is 8.00. The van der Waals surface area contributed by atoms with E-state index in [1.54, 1.807) is 6.20 Å². The van der Waals surface area contributed by atoms with Crippen molar-refractivity contribution in [2.75, 3.05) is 19.8 Å². The van der Waals surface area contributed by atoms with E-state index in [4.69, 9.17) is 4.74 Å². The third kappa shape index (κ3) is 4.65. The van der Waals surface area contributed by atoms with Crippen LogP contribution in [-0.2, 0) is 6.61 Å². The average Bonchev–Trinajstić information content (AvgIpc) is 3.24. The van der Waals surface area contributed by atoms with Crippen LogP contribution in [0.4, 0.5) is 0 Å². The lowest BCUT2D eigenvalue weighted by molar-refractivity contribution is 0.253. The van der Waals surface area contributed by atoms with E-state index in [9.17, 15) is 10.2 Å². The second kappa shape index (κ2) is 9.99. The lowest BCUT2D eigenvalue weighted by Gasteiger charge is -2.16. The van der Waals surface area contributed by atoms with Crippen molar-refractivity contribution in [1.82, 2.24) is 14.9 Å². The maximum Gasteiger partial charge on any atom is 0.140 e. The second-order valence-electron chi connectivity index (χ2n) is 5.75. The van der Waals surface area contributed by atoms with Gasteiger partial charge in [0.1, 0.15) is 11.6 Å². The first kappa shape index (κ1) is 21.7. The number of nitrogens with zero attached hydrogens (tertiary/aromatic N) is 2. The second-order valence-corrected chi connectivity index (χ2v) is 5.75. The summed E-state index contributed by atoms with van der Waals surface area (Å²) in [4.78, 5) is 4.48. The van der Waals surface area contributed by atoms with E-state index in [1.807, 2.05) is 31.3 Å². The highest BCUT2D eigenvalue weighted by Gasteiger charge is 2.26. The number of hydrogen-bond donors (Lipinski definition) is 3. The zero-order valence-corrected chi connectivity index (χ0v) is 15.7. The summed E-state index contributed by atoms with van der Waals surface area (Å²) in [5.74, 6) is 1.58. The van der Waals surface area contributed by atoms with Crippen molar-refractivity contribution in [3.8, 4) is 17.1 Å². The van der Waals surface area contributed by atoms with Gasteiger partial charge in [0.2, 0.25) is 0 Å². The number of aliphatic hydroxyl groups is 2. The zero-order valence-electron chi connectivity index (χ0n) is 14.1. The molecule has 3 N–H and O–H groups in total. The van der Waals surface area contributed by atoms with Crippen molar-refractivity contribution in [3.63, 3.8) is 0 Å². The monoisotopic (exact) mass is 389 g/mol. The van der Waals surface area contributed by atoms with Gasteiger partial charge in [0, 0.05) is 42.1 Å². The van der Waals surface area contributed by atoms with Crippen LogP contribution in [0.2, 0.25) is 0 Å². The summed E-state index contributed by atoms with van der Waals surface area (Å²) in [6.45, 7) is 3.39. The minimum absolute atomic E-state index is 0. The van der Waals surface area contributed by atoms with E-state index in [2.05, 4.69) is 14.9 Å². The molecule has 6 nitrogen and oxygen atoms in total. The first-order valence-corrected chi connectivity index (χ1v) is 8.00. The maximum atomic E-state index is 9.57. The van der Waals surface area contributed by atoms with Crippen molar-refractivity contribution >= 4 is 24.8 Å². The molecule has 2 heterocycles. The number of benzene rings is 1. The van der Waals surface area contributed by atoms with Gasteiger partial charge in [-0.15, -0.1) is 24.8 Å². The van der Waals surface area contributed by atoms with Crippen molar-refractivity contribution < 1.29 is 14.9 Å². The molecule has 1 aliphatic rings. The Labute approximate surface area is 160 Å². The Morgan fingerprint density at radius 1 is 1.32 bits per heavy atom. The molecule has 0 aliphatic carbocycles. The van der Waals surface area contributed by atoms with Crippen LogP contribution in [0.25, 0.3) is 11.4 Å². The molecule has 1 fully saturated rings. The van der Waals surface area contributed by atoms with E-state index < -0.39 is 0 Å². The minimum atomic E-state index is -0.0680. The van der Waals surface area contributed by atoms with E-state index in [0.29, 0.717) is 12.4 Å². The van der Waals surface area contributed by atoms with Gasteiger partial charge in [0.15, 0.2) is 0 Å².